The molecule has 0 N–H and O–H groups in total. The number of benzene rings is 2. The van der Waals surface area contributed by atoms with Crippen LogP contribution in [-0.4, -0.2) is 22.2 Å². The molecule has 1 aromatic heterocycles. The molecule has 0 atom stereocenters. The Morgan fingerprint density at radius 2 is 2.15 bits per heavy atom. The van der Waals surface area contributed by atoms with Crippen LogP contribution in [0.15, 0.2) is 36.4 Å². The third kappa shape index (κ3) is 3.37. The van der Waals surface area contributed by atoms with Crippen LogP contribution in [0.2, 0.25) is 5.15 Å². The number of hydrogen-bond donors (Lipinski definition) is 0. The molecular weight excluding hydrogens is 364 g/mol. The predicted molar refractivity (Wildman–Crippen MR) is 91.4 cm³/mol. The molecule has 0 spiro atoms. The fourth-order valence-electron chi connectivity index (χ4n) is 2.62. The molecule has 0 amide bonds. The number of nitriles is 1. The monoisotopic (exact) mass is 375 g/mol. The summed E-state index contributed by atoms with van der Waals surface area (Å²) in [5, 5.41) is 14.3. The van der Waals surface area contributed by atoms with E-state index in [1.165, 1.54) is 18.2 Å². The lowest BCUT2D eigenvalue weighted by atomic mass is 10.0. The quantitative estimate of drug-likeness (QED) is 0.509. The van der Waals surface area contributed by atoms with Crippen molar-refractivity contribution in [2.24, 2.45) is 0 Å². The van der Waals surface area contributed by atoms with Gasteiger partial charge in [-0.15, -0.1) is 0 Å². The number of carbonyl (C=O) groups is 1. The second kappa shape index (κ2) is 7.10. The van der Waals surface area contributed by atoms with Gasteiger partial charge in [-0.3, -0.25) is 4.68 Å². The Morgan fingerprint density at radius 1 is 1.38 bits per heavy atom. The van der Waals surface area contributed by atoms with E-state index in [1.807, 2.05) is 13.0 Å². The van der Waals surface area contributed by atoms with Gasteiger partial charge in [0, 0.05) is 11.5 Å². The fraction of sp³-hybridized carbons (Fsp3) is 0.167. The topological polar surface area (TPSA) is 67.9 Å². The number of esters is 1. The minimum absolute atomic E-state index is 0.0362. The minimum atomic E-state index is -3.22. The fourth-order valence-corrected chi connectivity index (χ4v) is 2.88. The van der Waals surface area contributed by atoms with Gasteiger partial charge in [0.1, 0.15) is 5.75 Å². The number of aryl methyl sites for hydroxylation is 1. The lowest BCUT2D eigenvalue weighted by Crippen LogP contribution is -2.17. The van der Waals surface area contributed by atoms with E-state index in [4.69, 9.17) is 11.6 Å². The third-order valence-electron chi connectivity index (χ3n) is 3.91. The van der Waals surface area contributed by atoms with Gasteiger partial charge >= 0.3 is 12.4 Å². The van der Waals surface area contributed by atoms with Gasteiger partial charge in [-0.2, -0.15) is 19.1 Å². The second-order valence-corrected chi connectivity index (χ2v) is 5.92. The van der Waals surface area contributed by atoms with Gasteiger partial charge in [0.25, 0.3) is 0 Å². The molecule has 3 rings (SSSR count). The number of fused-ring (bicyclic) bond motifs is 1. The van der Waals surface area contributed by atoms with Crippen molar-refractivity contribution in [3.63, 3.8) is 0 Å². The lowest BCUT2D eigenvalue weighted by molar-refractivity contribution is -0.146. The van der Waals surface area contributed by atoms with Crippen LogP contribution in [0, 0.1) is 18.3 Å². The van der Waals surface area contributed by atoms with Gasteiger partial charge in [-0.05, 0) is 36.2 Å². The van der Waals surface area contributed by atoms with Crippen molar-refractivity contribution < 1.29 is 18.3 Å². The molecule has 26 heavy (non-hydrogen) atoms. The van der Waals surface area contributed by atoms with E-state index < -0.39 is 12.4 Å². The molecule has 0 saturated carbocycles. The number of aromatic nitrogens is 2. The molecular formula is C18H12ClF2N3O2. The van der Waals surface area contributed by atoms with Crippen LogP contribution in [0.1, 0.15) is 16.7 Å². The average Bonchev–Trinajstić information content (AvgIpc) is 2.92. The maximum absolute atomic E-state index is 12.4. The Hall–Kier alpha value is -2.98. The molecule has 8 heteroatoms. The van der Waals surface area contributed by atoms with Crippen LogP contribution >= 0.6 is 11.6 Å². The Kier molecular flexibility index (Phi) is 4.87. The van der Waals surface area contributed by atoms with Gasteiger partial charge in [-0.25, -0.2) is 4.79 Å². The van der Waals surface area contributed by atoms with E-state index in [2.05, 4.69) is 15.9 Å². The summed E-state index contributed by atoms with van der Waals surface area (Å²) in [6.07, 6.45) is -3.22. The van der Waals surface area contributed by atoms with Crippen LogP contribution in [0.5, 0.6) is 5.75 Å². The highest BCUT2D eigenvalue weighted by atomic mass is 35.5. The highest BCUT2D eigenvalue weighted by molar-refractivity contribution is 6.34. The molecule has 1 heterocycles. The Bertz CT molecular complexity index is 1040. The smallest absolute Gasteiger partial charge is 0.379 e. The summed E-state index contributed by atoms with van der Waals surface area (Å²) in [5.74, 6) is -1.67. The standard InChI is InChI=1S/C18H12ClF2N3O2/c1-10-3-2-4-11(8-22)14(10)9-24-15-7-12(26-18(25)17(20)21)5-6-13(15)16(19)23-24/h2-7,17H,9H2,1H3. The first kappa shape index (κ1) is 17.8. The van der Waals surface area contributed by atoms with Crippen molar-refractivity contribution in [3.8, 4) is 11.8 Å². The predicted octanol–water partition coefficient (Wildman–Crippen LogP) is 4.09. The van der Waals surface area contributed by atoms with Gasteiger partial charge in [0.2, 0.25) is 0 Å². The number of halogens is 3. The molecule has 0 bridgehead atoms. The van der Waals surface area contributed by atoms with E-state index in [1.54, 1.807) is 16.8 Å². The summed E-state index contributed by atoms with van der Waals surface area (Å²) in [5.41, 5.74) is 2.68. The van der Waals surface area contributed by atoms with Crippen molar-refractivity contribution in [1.82, 2.24) is 9.78 Å². The van der Waals surface area contributed by atoms with E-state index in [9.17, 15) is 18.8 Å². The molecule has 0 aliphatic rings. The Morgan fingerprint density at radius 3 is 2.85 bits per heavy atom. The molecule has 0 saturated heterocycles. The van der Waals surface area contributed by atoms with Gasteiger partial charge in [0.05, 0.1) is 23.7 Å². The molecule has 5 nitrogen and oxygen atoms in total. The molecule has 132 valence electrons. The average molecular weight is 376 g/mol. The molecule has 0 aliphatic heterocycles. The second-order valence-electron chi connectivity index (χ2n) is 5.56. The SMILES string of the molecule is Cc1cccc(C#N)c1Cn1nc(Cl)c2ccc(OC(=O)C(F)F)cc21. The number of rotatable bonds is 4. The van der Waals surface area contributed by atoms with E-state index in [0.717, 1.165) is 11.1 Å². The van der Waals surface area contributed by atoms with Crippen LogP contribution in [-0.2, 0) is 11.3 Å². The van der Waals surface area contributed by atoms with E-state index >= 15 is 0 Å². The molecule has 0 aliphatic carbocycles. The number of nitrogens with zero attached hydrogens (tertiary/aromatic N) is 3. The first-order valence-corrected chi connectivity index (χ1v) is 7.93. The van der Waals surface area contributed by atoms with Crippen LogP contribution in [0.25, 0.3) is 10.9 Å². The highest BCUT2D eigenvalue weighted by Crippen LogP contribution is 2.28. The lowest BCUT2D eigenvalue weighted by Gasteiger charge is -2.10. The summed E-state index contributed by atoms with van der Waals surface area (Å²) < 4.78 is 30.9. The number of carbonyl (C=O) groups excluding carboxylic acids is 1. The zero-order valence-electron chi connectivity index (χ0n) is 13.5. The molecule has 0 unspecified atom stereocenters. The summed E-state index contributed by atoms with van der Waals surface area (Å²) in [4.78, 5) is 11.1. The summed E-state index contributed by atoms with van der Waals surface area (Å²) in [7, 11) is 0. The third-order valence-corrected chi connectivity index (χ3v) is 4.19. The number of alkyl halides is 2. The summed E-state index contributed by atoms with van der Waals surface area (Å²) in [6.45, 7) is 2.13. The van der Waals surface area contributed by atoms with E-state index in [-0.39, 0.29) is 17.4 Å². The van der Waals surface area contributed by atoms with Gasteiger partial charge in [0.15, 0.2) is 5.15 Å². The van der Waals surface area contributed by atoms with Gasteiger partial charge < -0.3 is 4.74 Å². The minimum Gasteiger partial charge on any atom is -0.422 e. The highest BCUT2D eigenvalue weighted by Gasteiger charge is 2.19. The normalized spacial score (nSPS) is 10.9. The van der Waals surface area contributed by atoms with Gasteiger partial charge in [-0.1, -0.05) is 23.7 Å². The first-order chi connectivity index (χ1) is 12.4. The molecule has 2 aromatic carbocycles. The van der Waals surface area contributed by atoms with Crippen molar-refractivity contribution in [3.05, 3.63) is 58.2 Å². The molecule has 0 radical (unpaired) electrons. The van der Waals surface area contributed by atoms with Crippen LogP contribution in [0.3, 0.4) is 0 Å². The molecule has 3 aromatic rings. The Labute approximate surface area is 152 Å². The maximum atomic E-state index is 12.4. The van der Waals surface area contributed by atoms with Crippen LogP contribution < -0.4 is 4.74 Å². The van der Waals surface area contributed by atoms with Crippen molar-refractivity contribution in [2.45, 2.75) is 19.9 Å². The zero-order valence-corrected chi connectivity index (χ0v) is 14.3. The first-order valence-electron chi connectivity index (χ1n) is 7.55. The summed E-state index contributed by atoms with van der Waals surface area (Å²) >= 11 is 6.14. The van der Waals surface area contributed by atoms with Crippen LogP contribution in [0.4, 0.5) is 8.78 Å². The maximum Gasteiger partial charge on any atom is 0.379 e. The van der Waals surface area contributed by atoms with Crippen molar-refractivity contribution >= 4 is 28.5 Å². The summed E-state index contributed by atoms with van der Waals surface area (Å²) in [6, 6.07) is 11.8. The zero-order chi connectivity index (χ0) is 18.8. The molecule has 0 fully saturated rings. The number of hydrogen-bond acceptors (Lipinski definition) is 4. The number of ether oxygens (including phenoxy) is 1. The van der Waals surface area contributed by atoms with Crippen molar-refractivity contribution in [2.75, 3.05) is 0 Å². The van der Waals surface area contributed by atoms with E-state index in [0.29, 0.717) is 16.5 Å². The Balaban J connectivity index is 2.04. The van der Waals surface area contributed by atoms with Crippen molar-refractivity contribution in [1.29, 1.82) is 5.26 Å². The largest absolute Gasteiger partial charge is 0.422 e.